The highest BCUT2D eigenvalue weighted by atomic mass is 32.2. The first-order valence-corrected chi connectivity index (χ1v) is 10.8. The number of carbonyl (C=O) groups is 2. The quantitative estimate of drug-likeness (QED) is 0.519. The minimum Gasteiger partial charge on any atom is -0.342 e. The van der Waals surface area contributed by atoms with Crippen LogP contribution in [-0.4, -0.2) is 32.3 Å². The molecule has 3 rings (SSSR count). The minimum atomic E-state index is -0.490. The monoisotopic (exact) mass is 441 g/mol. The van der Waals surface area contributed by atoms with Crippen molar-refractivity contribution in [1.82, 2.24) is 20.1 Å². The van der Waals surface area contributed by atoms with Gasteiger partial charge in [0.15, 0.2) is 11.0 Å². The number of carbonyl (C=O) groups excluding carboxylic acids is 2. The molecule has 1 heterocycles. The van der Waals surface area contributed by atoms with Crippen LogP contribution in [0.1, 0.15) is 36.1 Å². The zero-order chi connectivity index (χ0) is 22.4. The Labute approximate surface area is 184 Å². The summed E-state index contributed by atoms with van der Waals surface area (Å²) in [4.78, 5) is 24.8. The van der Waals surface area contributed by atoms with Crippen LogP contribution in [0.5, 0.6) is 0 Å². The van der Waals surface area contributed by atoms with E-state index in [0.717, 1.165) is 0 Å². The van der Waals surface area contributed by atoms with E-state index in [0.29, 0.717) is 16.5 Å². The van der Waals surface area contributed by atoms with E-state index in [-0.39, 0.29) is 35.2 Å². The topological polar surface area (TPSA) is 88.9 Å². The molecule has 0 fully saturated rings. The average molecular weight is 442 g/mol. The average Bonchev–Trinajstić information content (AvgIpc) is 3.12. The van der Waals surface area contributed by atoms with Crippen molar-refractivity contribution in [3.63, 3.8) is 0 Å². The Morgan fingerprint density at radius 1 is 1.06 bits per heavy atom. The summed E-state index contributed by atoms with van der Waals surface area (Å²) in [6.45, 7) is 3.97. The molecule has 0 saturated heterocycles. The number of rotatable bonds is 8. The first-order chi connectivity index (χ1) is 14.9. The third kappa shape index (κ3) is 5.69. The first-order valence-electron chi connectivity index (χ1n) is 9.79. The molecule has 3 aromatic rings. The fourth-order valence-electron chi connectivity index (χ4n) is 2.95. The lowest BCUT2D eigenvalue weighted by molar-refractivity contribution is -0.113. The van der Waals surface area contributed by atoms with Gasteiger partial charge in [0, 0.05) is 12.6 Å². The Bertz CT molecular complexity index is 1060. The third-order valence-electron chi connectivity index (χ3n) is 4.62. The molecule has 1 aromatic heterocycles. The largest absolute Gasteiger partial charge is 0.342 e. The third-order valence-corrected chi connectivity index (χ3v) is 5.64. The predicted molar refractivity (Wildman–Crippen MR) is 118 cm³/mol. The van der Waals surface area contributed by atoms with Gasteiger partial charge in [0.1, 0.15) is 5.82 Å². The molecule has 2 N–H and O–H groups in total. The lowest BCUT2D eigenvalue weighted by atomic mass is 10.0. The number of benzene rings is 2. The van der Waals surface area contributed by atoms with Crippen LogP contribution in [0.25, 0.3) is 0 Å². The summed E-state index contributed by atoms with van der Waals surface area (Å²) >= 11 is 1.19. The fourth-order valence-corrected chi connectivity index (χ4v) is 3.66. The van der Waals surface area contributed by atoms with Crippen LogP contribution in [0.15, 0.2) is 59.8 Å². The molecule has 9 heteroatoms. The molecule has 0 spiro atoms. The highest BCUT2D eigenvalue weighted by Crippen LogP contribution is 2.24. The number of nitrogens with zero attached hydrogens (tertiary/aromatic N) is 3. The van der Waals surface area contributed by atoms with E-state index in [2.05, 4.69) is 20.8 Å². The minimum absolute atomic E-state index is 0.0447. The summed E-state index contributed by atoms with van der Waals surface area (Å²) in [5, 5.41) is 14.5. The van der Waals surface area contributed by atoms with Gasteiger partial charge >= 0.3 is 0 Å². The molecule has 7 nitrogen and oxygen atoms in total. The number of para-hydroxylation sites is 1. The highest BCUT2D eigenvalue weighted by molar-refractivity contribution is 7.99. The zero-order valence-corrected chi connectivity index (χ0v) is 18.3. The molecule has 31 heavy (non-hydrogen) atoms. The molecule has 0 aliphatic rings. The van der Waals surface area contributed by atoms with E-state index in [1.54, 1.807) is 35.9 Å². The van der Waals surface area contributed by atoms with Crippen LogP contribution < -0.4 is 10.6 Å². The second kappa shape index (κ2) is 10.2. The molecule has 0 aliphatic carbocycles. The Morgan fingerprint density at radius 3 is 2.42 bits per heavy atom. The van der Waals surface area contributed by atoms with Gasteiger partial charge in [0.05, 0.1) is 17.5 Å². The molecule has 0 radical (unpaired) electrons. The van der Waals surface area contributed by atoms with Crippen LogP contribution in [0.2, 0.25) is 0 Å². The van der Waals surface area contributed by atoms with Crippen molar-refractivity contribution in [1.29, 1.82) is 0 Å². The number of hydrogen-bond acceptors (Lipinski definition) is 5. The number of hydrogen-bond donors (Lipinski definition) is 2. The number of aromatic nitrogens is 3. The molecule has 2 aromatic carbocycles. The van der Waals surface area contributed by atoms with E-state index in [9.17, 15) is 14.0 Å². The van der Waals surface area contributed by atoms with Gasteiger partial charge < -0.3 is 15.2 Å². The van der Waals surface area contributed by atoms with Crippen molar-refractivity contribution in [2.24, 2.45) is 13.0 Å². The van der Waals surface area contributed by atoms with Gasteiger partial charge in [-0.1, -0.05) is 55.9 Å². The highest BCUT2D eigenvalue weighted by Gasteiger charge is 2.25. The van der Waals surface area contributed by atoms with Crippen molar-refractivity contribution in [2.45, 2.75) is 25.0 Å². The van der Waals surface area contributed by atoms with E-state index < -0.39 is 5.82 Å². The van der Waals surface area contributed by atoms with Crippen molar-refractivity contribution in [2.75, 3.05) is 11.1 Å². The normalized spacial score (nSPS) is 11.9. The Morgan fingerprint density at radius 2 is 1.74 bits per heavy atom. The molecule has 0 unspecified atom stereocenters. The fraction of sp³-hybridized carbons (Fsp3) is 0.273. The number of anilines is 1. The van der Waals surface area contributed by atoms with Gasteiger partial charge in [-0.2, -0.15) is 0 Å². The Balaban J connectivity index is 1.66. The number of halogens is 1. The maximum absolute atomic E-state index is 13.7. The zero-order valence-electron chi connectivity index (χ0n) is 17.5. The van der Waals surface area contributed by atoms with Gasteiger partial charge in [-0.05, 0) is 30.2 Å². The van der Waals surface area contributed by atoms with Gasteiger partial charge in [0.2, 0.25) is 5.91 Å². The summed E-state index contributed by atoms with van der Waals surface area (Å²) in [5.74, 6) is -0.328. The first kappa shape index (κ1) is 22.5. The summed E-state index contributed by atoms with van der Waals surface area (Å²) in [7, 11) is 1.79. The summed E-state index contributed by atoms with van der Waals surface area (Å²) in [6.07, 6.45) is 0. The number of nitrogens with one attached hydrogen (secondary N) is 2. The maximum atomic E-state index is 13.7. The molecule has 1 atom stereocenters. The molecule has 0 saturated carbocycles. The second-order valence-corrected chi connectivity index (χ2v) is 8.22. The van der Waals surface area contributed by atoms with Gasteiger partial charge in [0.25, 0.3) is 5.91 Å². The van der Waals surface area contributed by atoms with Gasteiger partial charge in [-0.3, -0.25) is 9.59 Å². The maximum Gasteiger partial charge on any atom is 0.251 e. The number of amides is 2. The van der Waals surface area contributed by atoms with E-state index in [4.69, 9.17) is 0 Å². The SMILES string of the molecule is CC(C)[C@H](NC(=O)c1ccccc1)c1nnc(SCC(=O)Nc2ccccc2F)n1C. The van der Waals surface area contributed by atoms with Crippen LogP contribution in [0.4, 0.5) is 10.1 Å². The molecular weight excluding hydrogens is 417 g/mol. The van der Waals surface area contributed by atoms with E-state index in [1.165, 1.54) is 23.9 Å². The number of thioether (sulfide) groups is 1. The van der Waals surface area contributed by atoms with Gasteiger partial charge in [-0.25, -0.2) is 4.39 Å². The molecule has 0 aliphatic heterocycles. The summed E-state index contributed by atoms with van der Waals surface area (Å²) in [5.41, 5.74) is 0.699. The van der Waals surface area contributed by atoms with Crippen molar-refractivity contribution in [3.05, 3.63) is 71.8 Å². The van der Waals surface area contributed by atoms with E-state index in [1.807, 2.05) is 32.0 Å². The predicted octanol–water partition coefficient (Wildman–Crippen LogP) is 3.81. The molecule has 162 valence electrons. The van der Waals surface area contributed by atoms with E-state index >= 15 is 0 Å². The van der Waals surface area contributed by atoms with Crippen molar-refractivity contribution < 1.29 is 14.0 Å². The van der Waals surface area contributed by atoms with Crippen LogP contribution in [0, 0.1) is 11.7 Å². The van der Waals surface area contributed by atoms with Crippen LogP contribution in [0.3, 0.4) is 0 Å². The lowest BCUT2D eigenvalue weighted by Gasteiger charge is -2.21. The van der Waals surface area contributed by atoms with Crippen LogP contribution >= 0.6 is 11.8 Å². The smallest absolute Gasteiger partial charge is 0.251 e. The van der Waals surface area contributed by atoms with Crippen molar-refractivity contribution in [3.8, 4) is 0 Å². The molecule has 0 bridgehead atoms. The molecule has 2 amide bonds. The Hall–Kier alpha value is -3.20. The second-order valence-electron chi connectivity index (χ2n) is 7.28. The Kier molecular flexibility index (Phi) is 7.41. The standard InChI is InChI=1S/C22H24FN5O2S/c1-14(2)19(25-21(30)15-9-5-4-6-10-15)20-26-27-22(28(20)3)31-13-18(29)24-17-12-8-7-11-16(17)23/h4-12,14,19H,13H2,1-3H3,(H,24,29)(H,25,30)/t19-/m0/s1. The lowest BCUT2D eigenvalue weighted by Crippen LogP contribution is -2.33. The van der Waals surface area contributed by atoms with Gasteiger partial charge in [-0.15, -0.1) is 10.2 Å². The summed E-state index contributed by atoms with van der Waals surface area (Å²) in [6, 6.07) is 14.6. The van der Waals surface area contributed by atoms with Crippen LogP contribution in [-0.2, 0) is 11.8 Å². The summed E-state index contributed by atoms with van der Waals surface area (Å²) < 4.78 is 15.5. The van der Waals surface area contributed by atoms with Crippen molar-refractivity contribution >= 4 is 29.3 Å². The molecular formula is C22H24FN5O2S.